The van der Waals surface area contributed by atoms with Gasteiger partial charge >= 0.3 is 0 Å². The number of fused-ring (bicyclic) bond motifs is 2. The fraction of sp³-hybridized carbons (Fsp3) is 0.478. The van der Waals surface area contributed by atoms with Crippen LogP contribution in [0.25, 0.3) is 20.8 Å². The number of aryl methyl sites for hydroxylation is 2. The standard InChI is InChI=1S/C23H29N4OS/c1-16-12-18(26-6-4-25(3)5-7-26)14-20-22(16)24-23-17(2)13-19(15-21(23)29-20)27-8-10-28-11-9-27/h12-15H,4-11H2,1-3H3/q+1. The molecule has 3 aliphatic heterocycles. The van der Waals surface area contributed by atoms with E-state index in [1.165, 1.54) is 31.7 Å². The van der Waals surface area contributed by atoms with Gasteiger partial charge in [-0.3, -0.25) is 4.90 Å². The van der Waals surface area contributed by atoms with Gasteiger partial charge in [0.1, 0.15) is 0 Å². The van der Waals surface area contributed by atoms with Crippen molar-refractivity contribution in [2.24, 2.45) is 0 Å². The van der Waals surface area contributed by atoms with Crippen LogP contribution in [-0.4, -0.2) is 69.4 Å². The number of anilines is 1. The zero-order valence-corrected chi connectivity index (χ0v) is 18.4. The molecule has 4 aliphatic rings. The minimum absolute atomic E-state index is 0.810. The van der Waals surface area contributed by atoms with E-state index in [0.29, 0.717) is 0 Å². The molecule has 1 aliphatic carbocycles. The van der Waals surface area contributed by atoms with Crippen molar-refractivity contribution in [2.45, 2.75) is 13.8 Å². The maximum Gasteiger partial charge on any atom is 0.201 e. The van der Waals surface area contributed by atoms with E-state index in [4.69, 9.17) is 9.72 Å². The number of aromatic nitrogens is 1. The molecule has 0 bridgehead atoms. The van der Waals surface area contributed by atoms with Gasteiger partial charge in [0.15, 0.2) is 13.1 Å². The lowest BCUT2D eigenvalue weighted by molar-refractivity contribution is 0.122. The number of likely N-dealkylation sites (N-methyl/N-ethyl adjacent to an activating group) is 1. The second-order valence-corrected chi connectivity index (χ2v) is 9.41. The van der Waals surface area contributed by atoms with Crippen LogP contribution in [0.4, 0.5) is 5.69 Å². The van der Waals surface area contributed by atoms with Gasteiger partial charge in [-0.05, 0) is 44.2 Å². The highest BCUT2D eigenvalue weighted by Gasteiger charge is 2.20. The molecular formula is C23H29N4OS+. The van der Waals surface area contributed by atoms with E-state index in [0.717, 1.165) is 63.7 Å². The first-order valence-corrected chi connectivity index (χ1v) is 11.4. The molecule has 2 fully saturated rings. The summed E-state index contributed by atoms with van der Waals surface area (Å²) in [6.45, 7) is 12.4. The topological polar surface area (TPSA) is 31.6 Å². The van der Waals surface area contributed by atoms with Crippen LogP contribution in [0, 0.1) is 13.8 Å². The lowest BCUT2D eigenvalue weighted by atomic mass is 10.1. The molecule has 29 heavy (non-hydrogen) atoms. The highest BCUT2D eigenvalue weighted by atomic mass is 32.1. The Kier molecular flexibility index (Phi) is 5.02. The number of rotatable bonds is 1. The van der Waals surface area contributed by atoms with Crippen LogP contribution in [0.3, 0.4) is 0 Å². The first-order valence-electron chi connectivity index (χ1n) is 10.5. The van der Waals surface area contributed by atoms with Crippen molar-refractivity contribution in [3.05, 3.63) is 40.7 Å². The molecule has 5 rings (SSSR count). The highest BCUT2D eigenvalue weighted by molar-refractivity contribution is 7.21. The quantitative estimate of drug-likeness (QED) is 0.457. The monoisotopic (exact) mass is 409 g/mol. The highest BCUT2D eigenvalue weighted by Crippen LogP contribution is 2.35. The third kappa shape index (κ3) is 3.65. The minimum Gasteiger partial charge on any atom is -0.378 e. The van der Waals surface area contributed by atoms with E-state index in [1.54, 1.807) is 0 Å². The SMILES string of the molecule is Cc1cc(=[N+]2CCN(C)CC2)cc2sc3cc(N4CCOCC4)cc(C)c3nc1-2. The summed E-state index contributed by atoms with van der Waals surface area (Å²) in [4.78, 5) is 11.2. The zero-order valence-electron chi connectivity index (χ0n) is 17.6. The van der Waals surface area contributed by atoms with Gasteiger partial charge in [0.05, 0.1) is 47.1 Å². The zero-order chi connectivity index (χ0) is 20.0. The molecule has 0 saturated carbocycles. The van der Waals surface area contributed by atoms with Crippen molar-refractivity contribution in [1.29, 1.82) is 0 Å². The molecule has 0 aromatic heterocycles. The average Bonchev–Trinajstić information content (AvgIpc) is 2.74. The van der Waals surface area contributed by atoms with Crippen LogP contribution in [0.1, 0.15) is 11.1 Å². The Morgan fingerprint density at radius 2 is 1.72 bits per heavy atom. The molecule has 1 aromatic rings. The Balaban J connectivity index is 1.65. The number of benzene rings is 2. The van der Waals surface area contributed by atoms with Crippen LogP contribution >= 0.6 is 11.3 Å². The summed E-state index contributed by atoms with van der Waals surface area (Å²) in [6.07, 6.45) is 0. The van der Waals surface area contributed by atoms with Crippen molar-refractivity contribution in [3.8, 4) is 10.6 Å². The third-order valence-corrected chi connectivity index (χ3v) is 7.25. The van der Waals surface area contributed by atoms with Gasteiger partial charge in [0.2, 0.25) is 5.36 Å². The molecule has 0 atom stereocenters. The fourth-order valence-corrected chi connectivity index (χ4v) is 5.58. The van der Waals surface area contributed by atoms with E-state index in [-0.39, 0.29) is 0 Å². The number of piperazine rings is 1. The normalized spacial score (nSPS) is 18.7. The Morgan fingerprint density at radius 1 is 0.966 bits per heavy atom. The van der Waals surface area contributed by atoms with Crippen LogP contribution in [0.5, 0.6) is 0 Å². The summed E-state index contributed by atoms with van der Waals surface area (Å²) in [5, 5.41) is 1.33. The largest absolute Gasteiger partial charge is 0.378 e. The number of nitrogens with zero attached hydrogens (tertiary/aromatic N) is 4. The van der Waals surface area contributed by atoms with Crippen molar-refractivity contribution in [2.75, 3.05) is 64.4 Å². The molecule has 5 nitrogen and oxygen atoms in total. The van der Waals surface area contributed by atoms with Gasteiger partial charge < -0.3 is 9.64 Å². The second-order valence-electron chi connectivity index (χ2n) is 8.32. The molecule has 1 aromatic carbocycles. The Morgan fingerprint density at radius 3 is 2.48 bits per heavy atom. The first-order chi connectivity index (χ1) is 14.1. The van der Waals surface area contributed by atoms with Crippen molar-refractivity contribution in [1.82, 2.24) is 14.5 Å². The van der Waals surface area contributed by atoms with E-state index in [9.17, 15) is 0 Å². The summed E-state index contributed by atoms with van der Waals surface area (Å²) in [5.74, 6) is 0. The van der Waals surface area contributed by atoms with Crippen molar-refractivity contribution >= 4 is 27.2 Å². The van der Waals surface area contributed by atoms with Gasteiger partial charge in [-0.2, -0.15) is 0 Å². The Labute approximate surface area is 176 Å². The molecular weight excluding hydrogens is 380 g/mol. The van der Waals surface area contributed by atoms with Crippen molar-refractivity contribution in [3.63, 3.8) is 0 Å². The maximum absolute atomic E-state index is 5.53. The number of hydrogen-bond acceptors (Lipinski definition) is 5. The smallest absolute Gasteiger partial charge is 0.201 e. The van der Waals surface area contributed by atoms with Gasteiger partial charge in [0, 0.05) is 30.9 Å². The van der Waals surface area contributed by atoms with E-state index < -0.39 is 0 Å². The lowest BCUT2D eigenvalue weighted by Crippen LogP contribution is -2.46. The molecule has 3 heterocycles. The van der Waals surface area contributed by atoms with Gasteiger partial charge in [-0.15, -0.1) is 11.3 Å². The molecule has 152 valence electrons. The van der Waals surface area contributed by atoms with Crippen molar-refractivity contribution < 1.29 is 4.74 Å². The Hall–Kier alpha value is -2.02. The predicted molar refractivity (Wildman–Crippen MR) is 121 cm³/mol. The summed E-state index contributed by atoms with van der Waals surface area (Å²) in [6, 6.07) is 9.27. The molecule has 6 heteroatoms. The Bertz CT molecular complexity index is 1090. The van der Waals surface area contributed by atoms with Crippen LogP contribution in [0.2, 0.25) is 0 Å². The molecule has 0 N–H and O–H groups in total. The molecule has 0 spiro atoms. The summed E-state index contributed by atoms with van der Waals surface area (Å²) in [7, 11) is 2.20. The fourth-order valence-electron chi connectivity index (χ4n) is 4.38. The van der Waals surface area contributed by atoms with E-state index >= 15 is 0 Å². The van der Waals surface area contributed by atoms with Crippen LogP contribution in [0.15, 0.2) is 24.3 Å². The number of morpholine rings is 1. The van der Waals surface area contributed by atoms with Crippen LogP contribution in [-0.2, 0) is 4.74 Å². The molecule has 2 saturated heterocycles. The molecule has 0 radical (unpaired) electrons. The summed E-state index contributed by atoms with van der Waals surface area (Å²) in [5.41, 5.74) is 6.09. The number of hydrogen-bond donors (Lipinski definition) is 0. The summed E-state index contributed by atoms with van der Waals surface area (Å²) < 4.78 is 9.31. The van der Waals surface area contributed by atoms with E-state index in [2.05, 4.69) is 59.5 Å². The van der Waals surface area contributed by atoms with Gasteiger partial charge in [-0.25, -0.2) is 9.56 Å². The lowest BCUT2D eigenvalue weighted by Gasteiger charge is -2.29. The first kappa shape index (κ1) is 19.0. The van der Waals surface area contributed by atoms with Gasteiger partial charge in [-0.1, -0.05) is 0 Å². The number of ether oxygens (including phenoxy) is 1. The third-order valence-electron chi connectivity index (χ3n) is 6.19. The molecule has 0 amide bonds. The van der Waals surface area contributed by atoms with Gasteiger partial charge in [0.25, 0.3) is 0 Å². The second kappa shape index (κ2) is 7.67. The van der Waals surface area contributed by atoms with E-state index in [1.807, 2.05) is 11.3 Å². The predicted octanol–water partition coefficient (Wildman–Crippen LogP) is 2.57. The minimum atomic E-state index is 0.810. The maximum atomic E-state index is 5.53. The molecule has 0 unspecified atom stereocenters. The average molecular weight is 410 g/mol. The summed E-state index contributed by atoms with van der Waals surface area (Å²) >= 11 is 1.88. The van der Waals surface area contributed by atoms with Crippen LogP contribution < -0.4 is 14.8 Å².